The van der Waals surface area contributed by atoms with Crippen LogP contribution < -0.4 is 0 Å². The number of hydrogen-bond donors (Lipinski definition) is 0. The van der Waals surface area contributed by atoms with E-state index in [0.717, 1.165) is 25.7 Å². The highest BCUT2D eigenvalue weighted by Crippen LogP contribution is 2.75. The highest BCUT2D eigenvalue weighted by atomic mass is 16.6. The van der Waals surface area contributed by atoms with Crippen LogP contribution in [0.25, 0.3) is 0 Å². The molecule has 3 saturated heterocycles. The summed E-state index contributed by atoms with van der Waals surface area (Å²) in [6, 6.07) is 0. The van der Waals surface area contributed by atoms with E-state index in [2.05, 4.69) is 13.5 Å². The van der Waals surface area contributed by atoms with Crippen molar-refractivity contribution in [2.75, 3.05) is 6.54 Å². The van der Waals surface area contributed by atoms with E-state index in [1.807, 2.05) is 31.7 Å². The van der Waals surface area contributed by atoms with Crippen molar-refractivity contribution in [1.29, 1.82) is 0 Å². The lowest BCUT2D eigenvalue weighted by Crippen LogP contribution is -2.60. The summed E-state index contributed by atoms with van der Waals surface area (Å²) < 4.78 is 12.3. The van der Waals surface area contributed by atoms with Crippen molar-refractivity contribution in [2.45, 2.75) is 83.6 Å². The quantitative estimate of drug-likeness (QED) is 0.696. The van der Waals surface area contributed by atoms with Crippen LogP contribution in [0.2, 0.25) is 0 Å². The molecule has 5 heteroatoms. The minimum Gasteiger partial charge on any atom is -0.444 e. The van der Waals surface area contributed by atoms with Gasteiger partial charge in [0.25, 0.3) is 0 Å². The molecule has 4 aliphatic rings. The molecule has 144 valence electrons. The summed E-state index contributed by atoms with van der Waals surface area (Å²) in [5.74, 6) is 0.562. The van der Waals surface area contributed by atoms with Gasteiger partial charge in [0.05, 0.1) is 11.5 Å². The van der Waals surface area contributed by atoms with Crippen LogP contribution in [0.15, 0.2) is 12.7 Å². The molecule has 0 aromatic heterocycles. The van der Waals surface area contributed by atoms with Crippen LogP contribution in [0, 0.1) is 16.7 Å². The monoisotopic (exact) mass is 361 g/mol. The van der Waals surface area contributed by atoms with Crippen LogP contribution in [0.1, 0.15) is 66.2 Å². The van der Waals surface area contributed by atoms with Gasteiger partial charge < -0.3 is 9.47 Å². The van der Waals surface area contributed by atoms with Crippen molar-refractivity contribution in [3.8, 4) is 0 Å². The molecule has 26 heavy (non-hydrogen) atoms. The fourth-order valence-corrected chi connectivity index (χ4v) is 6.61. The number of likely N-dealkylation sites (tertiary alicyclic amines) is 1. The lowest BCUT2D eigenvalue weighted by molar-refractivity contribution is -0.144. The molecule has 5 nitrogen and oxygen atoms in total. The maximum atomic E-state index is 13.4. The molecule has 1 aliphatic carbocycles. The first-order chi connectivity index (χ1) is 12.1. The largest absolute Gasteiger partial charge is 0.444 e. The fraction of sp³-hybridized carbons (Fsp3) is 0.810. The third-order valence-electron chi connectivity index (χ3n) is 7.56. The SMILES string of the molecule is C=CCC12C(=O)CCC[C@@H]3CN(C(=O)OC(C)(C)C)[C@@]4(CC[C@@H]1O4)[C@@]32C. The molecular weight excluding hydrogens is 330 g/mol. The summed E-state index contributed by atoms with van der Waals surface area (Å²) in [4.78, 5) is 28.3. The Balaban J connectivity index is 1.83. The topological polar surface area (TPSA) is 55.8 Å². The number of rotatable bonds is 2. The van der Waals surface area contributed by atoms with E-state index in [4.69, 9.17) is 9.47 Å². The number of Topliss-reactive ketones (excluding diaryl/α,β-unsaturated/α-hetero) is 1. The Hall–Kier alpha value is -1.36. The van der Waals surface area contributed by atoms with Crippen molar-refractivity contribution in [3.05, 3.63) is 12.7 Å². The van der Waals surface area contributed by atoms with Crippen LogP contribution in [0.3, 0.4) is 0 Å². The van der Waals surface area contributed by atoms with Crippen molar-refractivity contribution >= 4 is 11.9 Å². The van der Waals surface area contributed by atoms with Crippen molar-refractivity contribution < 1.29 is 19.1 Å². The van der Waals surface area contributed by atoms with Gasteiger partial charge in [-0.3, -0.25) is 9.69 Å². The van der Waals surface area contributed by atoms with E-state index >= 15 is 0 Å². The van der Waals surface area contributed by atoms with E-state index < -0.39 is 16.7 Å². The van der Waals surface area contributed by atoms with Crippen molar-refractivity contribution in [3.63, 3.8) is 0 Å². The second-order valence-electron chi connectivity index (χ2n) is 9.70. The summed E-state index contributed by atoms with van der Waals surface area (Å²) in [6.07, 6.45) is 6.14. The normalized spacial score (nSPS) is 44.0. The Bertz CT molecular complexity index is 667. The maximum Gasteiger partial charge on any atom is 0.412 e. The molecular formula is C21H31NO4. The molecule has 0 radical (unpaired) electrons. The van der Waals surface area contributed by atoms with Gasteiger partial charge in [-0.15, -0.1) is 6.58 Å². The van der Waals surface area contributed by atoms with Crippen LogP contribution in [-0.4, -0.2) is 40.8 Å². The molecule has 3 aliphatic heterocycles. The molecule has 2 bridgehead atoms. The number of fused-ring (bicyclic) bond motifs is 2. The number of amides is 1. The molecule has 1 amide bonds. The molecule has 5 atom stereocenters. The number of carbonyl (C=O) groups excluding carboxylic acids is 2. The van der Waals surface area contributed by atoms with Gasteiger partial charge in [-0.2, -0.15) is 0 Å². The zero-order valence-electron chi connectivity index (χ0n) is 16.5. The molecule has 0 aromatic rings. The lowest BCUT2D eigenvalue weighted by atomic mass is 9.49. The number of hydrogen-bond acceptors (Lipinski definition) is 4. The smallest absolute Gasteiger partial charge is 0.412 e. The summed E-state index contributed by atoms with van der Waals surface area (Å²) >= 11 is 0. The molecule has 3 heterocycles. The number of nitrogens with zero attached hydrogens (tertiary/aromatic N) is 1. The Morgan fingerprint density at radius 2 is 2.15 bits per heavy atom. The zero-order valence-corrected chi connectivity index (χ0v) is 16.5. The third kappa shape index (κ3) is 1.90. The summed E-state index contributed by atoms with van der Waals surface area (Å²) in [6.45, 7) is 12.4. The van der Waals surface area contributed by atoms with Gasteiger partial charge in [0.1, 0.15) is 11.4 Å². The lowest BCUT2D eigenvalue weighted by Gasteiger charge is -2.51. The predicted molar refractivity (Wildman–Crippen MR) is 97.5 cm³/mol. The molecule has 4 fully saturated rings. The van der Waals surface area contributed by atoms with E-state index in [1.54, 1.807) is 0 Å². The van der Waals surface area contributed by atoms with E-state index in [9.17, 15) is 9.59 Å². The summed E-state index contributed by atoms with van der Waals surface area (Å²) in [5.41, 5.74) is -2.19. The molecule has 1 unspecified atom stereocenters. The molecule has 1 saturated carbocycles. The molecule has 0 aromatic carbocycles. The van der Waals surface area contributed by atoms with Gasteiger partial charge in [0.15, 0.2) is 5.72 Å². The second kappa shape index (κ2) is 5.34. The van der Waals surface area contributed by atoms with Gasteiger partial charge in [-0.25, -0.2) is 4.79 Å². The van der Waals surface area contributed by atoms with Gasteiger partial charge in [-0.1, -0.05) is 13.0 Å². The highest BCUT2D eigenvalue weighted by Gasteiger charge is 2.83. The first-order valence-corrected chi connectivity index (χ1v) is 9.95. The van der Waals surface area contributed by atoms with E-state index in [1.165, 1.54) is 0 Å². The number of ether oxygens (including phenoxy) is 2. The average Bonchev–Trinajstić information content (AvgIpc) is 3.10. The minimum atomic E-state index is -0.715. The molecule has 1 spiro atoms. The zero-order chi connectivity index (χ0) is 19.0. The van der Waals surface area contributed by atoms with Crippen molar-refractivity contribution in [1.82, 2.24) is 4.90 Å². The Morgan fingerprint density at radius 1 is 1.42 bits per heavy atom. The van der Waals surface area contributed by atoms with Crippen LogP contribution >= 0.6 is 0 Å². The van der Waals surface area contributed by atoms with E-state index in [-0.39, 0.29) is 23.5 Å². The predicted octanol–water partition coefficient (Wildman–Crippen LogP) is 4.06. The van der Waals surface area contributed by atoms with Gasteiger partial charge in [-0.05, 0) is 58.8 Å². The third-order valence-corrected chi connectivity index (χ3v) is 7.56. The standard InChI is InChI=1S/C21H31NO4/c1-6-11-20-15(23)9-7-8-14-13-22(17(24)26-18(2,3)4)21(19(14,20)5)12-10-16(20)25-21/h6,14,16H,1,7-13H2,2-5H3/t14-,16+,19+,20?,21-/m1/s1. The second-order valence-corrected chi connectivity index (χ2v) is 9.70. The Morgan fingerprint density at radius 3 is 2.81 bits per heavy atom. The van der Waals surface area contributed by atoms with Crippen molar-refractivity contribution in [2.24, 2.45) is 16.7 Å². The van der Waals surface area contributed by atoms with Crippen LogP contribution in [0.4, 0.5) is 4.79 Å². The number of ketones is 1. The summed E-state index contributed by atoms with van der Waals surface area (Å²) in [7, 11) is 0. The van der Waals surface area contributed by atoms with Gasteiger partial charge in [0, 0.05) is 18.4 Å². The maximum absolute atomic E-state index is 13.4. The number of allylic oxidation sites excluding steroid dienone is 1. The van der Waals surface area contributed by atoms with Gasteiger partial charge in [0.2, 0.25) is 0 Å². The molecule has 4 rings (SSSR count). The van der Waals surface area contributed by atoms with Crippen LogP contribution in [0.5, 0.6) is 0 Å². The Kier molecular flexibility index (Phi) is 3.70. The van der Waals surface area contributed by atoms with E-state index in [0.29, 0.717) is 25.2 Å². The van der Waals surface area contributed by atoms with Gasteiger partial charge >= 0.3 is 6.09 Å². The fourth-order valence-electron chi connectivity index (χ4n) is 6.61. The molecule has 0 N–H and O–H groups in total. The average molecular weight is 361 g/mol. The van der Waals surface area contributed by atoms with Crippen LogP contribution in [-0.2, 0) is 14.3 Å². The number of carbonyl (C=O) groups is 2. The summed E-state index contributed by atoms with van der Waals surface area (Å²) in [5, 5.41) is 0. The minimum absolute atomic E-state index is 0.121. The first kappa shape index (κ1) is 18.0. The highest BCUT2D eigenvalue weighted by molar-refractivity contribution is 5.88. The first-order valence-electron chi connectivity index (χ1n) is 9.95. The Labute approximate surface area is 156 Å².